The zero-order chi connectivity index (χ0) is 21.8. The zero-order valence-electron chi connectivity index (χ0n) is 17.7. The fourth-order valence-corrected chi connectivity index (χ4v) is 5.31. The number of para-hydroxylation sites is 1. The highest BCUT2D eigenvalue weighted by Gasteiger charge is 2.40. The monoisotopic (exact) mass is 450 g/mol. The van der Waals surface area contributed by atoms with Crippen LogP contribution in [0.4, 0.5) is 5.69 Å². The standard InChI is InChI=1S/C24H26N4OS2/c1-3-17-8-4-5-9-18(17)26-21(29)13-15-28-23(20-12-11-16(2)31-20)22(27-24(28)30)19-10-6-7-14-25-19/h4-12,14,22-23H,3,13,15H2,1-2H3,(H,26,29)(H,27,30). The number of nitrogens with one attached hydrogen (secondary N) is 2. The van der Waals surface area contributed by atoms with Gasteiger partial charge in [0.15, 0.2) is 5.11 Å². The molecule has 7 heteroatoms. The van der Waals surface area contributed by atoms with Gasteiger partial charge in [-0.25, -0.2) is 0 Å². The molecule has 31 heavy (non-hydrogen) atoms. The quantitative estimate of drug-likeness (QED) is 0.495. The van der Waals surface area contributed by atoms with Crippen LogP contribution < -0.4 is 10.6 Å². The number of nitrogens with zero attached hydrogens (tertiary/aromatic N) is 2. The molecule has 3 aromatic rings. The van der Waals surface area contributed by atoms with Crippen LogP contribution in [0.3, 0.4) is 0 Å². The Morgan fingerprint density at radius 1 is 1.19 bits per heavy atom. The zero-order valence-corrected chi connectivity index (χ0v) is 19.3. The Bertz CT molecular complexity index is 1070. The van der Waals surface area contributed by atoms with Gasteiger partial charge in [-0.1, -0.05) is 31.2 Å². The minimum absolute atomic E-state index is 0.00824. The number of hydrogen-bond acceptors (Lipinski definition) is 4. The van der Waals surface area contributed by atoms with Gasteiger partial charge in [-0.15, -0.1) is 11.3 Å². The van der Waals surface area contributed by atoms with E-state index in [1.165, 1.54) is 9.75 Å². The number of pyridine rings is 1. The van der Waals surface area contributed by atoms with Crippen molar-refractivity contribution in [3.8, 4) is 0 Å². The number of aryl methyl sites for hydroxylation is 2. The van der Waals surface area contributed by atoms with Crippen LogP contribution in [-0.4, -0.2) is 27.4 Å². The maximum atomic E-state index is 12.7. The van der Waals surface area contributed by atoms with E-state index < -0.39 is 0 Å². The minimum Gasteiger partial charge on any atom is -0.352 e. The molecular weight excluding hydrogens is 424 g/mol. The number of hydrogen-bond donors (Lipinski definition) is 2. The van der Waals surface area contributed by atoms with Crippen molar-refractivity contribution >= 4 is 40.3 Å². The third-order valence-electron chi connectivity index (χ3n) is 5.50. The Morgan fingerprint density at radius 2 is 2.00 bits per heavy atom. The third kappa shape index (κ3) is 4.78. The van der Waals surface area contributed by atoms with E-state index >= 15 is 0 Å². The minimum atomic E-state index is -0.0457. The van der Waals surface area contributed by atoms with Gasteiger partial charge in [-0.05, 0) is 61.5 Å². The fourth-order valence-electron chi connectivity index (χ4n) is 3.95. The molecule has 2 aromatic heterocycles. The average Bonchev–Trinajstić information content (AvgIpc) is 3.35. The molecule has 0 spiro atoms. The van der Waals surface area contributed by atoms with Gasteiger partial charge in [0.1, 0.15) is 0 Å². The molecule has 5 nitrogen and oxygen atoms in total. The van der Waals surface area contributed by atoms with Crippen LogP contribution in [-0.2, 0) is 11.2 Å². The number of benzene rings is 1. The van der Waals surface area contributed by atoms with Gasteiger partial charge in [0, 0.05) is 34.6 Å². The number of aromatic nitrogens is 1. The summed E-state index contributed by atoms with van der Waals surface area (Å²) in [5.41, 5.74) is 2.97. The molecule has 0 aliphatic carbocycles. The smallest absolute Gasteiger partial charge is 0.226 e. The number of anilines is 1. The van der Waals surface area contributed by atoms with Gasteiger partial charge < -0.3 is 15.5 Å². The molecule has 4 rings (SSSR count). The maximum Gasteiger partial charge on any atom is 0.226 e. The molecule has 1 fully saturated rings. The van der Waals surface area contributed by atoms with E-state index in [0.717, 1.165) is 23.4 Å². The summed E-state index contributed by atoms with van der Waals surface area (Å²) in [5.74, 6) is -0.00824. The first-order valence-corrected chi connectivity index (χ1v) is 11.7. The highest BCUT2D eigenvalue weighted by molar-refractivity contribution is 7.80. The second kappa shape index (κ2) is 9.58. The maximum absolute atomic E-state index is 12.7. The predicted octanol–water partition coefficient (Wildman–Crippen LogP) is 5.02. The number of carbonyl (C=O) groups excluding carboxylic acids is 1. The molecule has 1 amide bonds. The summed E-state index contributed by atoms with van der Waals surface area (Å²) in [6, 6.07) is 18.1. The number of rotatable bonds is 7. The molecule has 0 saturated carbocycles. The lowest BCUT2D eigenvalue weighted by Crippen LogP contribution is -2.32. The molecule has 0 radical (unpaired) electrons. The van der Waals surface area contributed by atoms with Crippen molar-refractivity contribution in [3.63, 3.8) is 0 Å². The van der Waals surface area contributed by atoms with Crippen LogP contribution in [0, 0.1) is 6.92 Å². The van der Waals surface area contributed by atoms with Gasteiger partial charge >= 0.3 is 0 Å². The topological polar surface area (TPSA) is 57.3 Å². The first-order valence-electron chi connectivity index (χ1n) is 10.5. The Balaban J connectivity index is 1.52. The number of amides is 1. The Kier molecular flexibility index (Phi) is 6.63. The lowest BCUT2D eigenvalue weighted by molar-refractivity contribution is -0.116. The highest BCUT2D eigenvalue weighted by atomic mass is 32.1. The van der Waals surface area contributed by atoms with Crippen molar-refractivity contribution in [1.82, 2.24) is 15.2 Å². The largest absolute Gasteiger partial charge is 0.352 e. The predicted molar refractivity (Wildman–Crippen MR) is 130 cm³/mol. The van der Waals surface area contributed by atoms with Gasteiger partial charge in [0.05, 0.1) is 17.8 Å². The average molecular weight is 451 g/mol. The number of carbonyl (C=O) groups is 1. The molecular formula is C24H26N4OS2. The van der Waals surface area contributed by atoms with E-state index in [0.29, 0.717) is 18.1 Å². The Morgan fingerprint density at radius 3 is 2.71 bits per heavy atom. The molecule has 0 bridgehead atoms. The molecule has 1 aliphatic rings. The summed E-state index contributed by atoms with van der Waals surface area (Å²) in [6.45, 7) is 4.73. The van der Waals surface area contributed by atoms with Crippen LogP contribution >= 0.6 is 23.6 Å². The Hall–Kier alpha value is -2.77. The molecule has 1 saturated heterocycles. The van der Waals surface area contributed by atoms with Crippen molar-refractivity contribution in [2.24, 2.45) is 0 Å². The molecule has 1 aromatic carbocycles. The number of thiophene rings is 1. The molecule has 1 aliphatic heterocycles. The van der Waals surface area contributed by atoms with Gasteiger partial charge in [0.2, 0.25) is 5.91 Å². The van der Waals surface area contributed by atoms with Gasteiger partial charge in [0.25, 0.3) is 0 Å². The third-order valence-corrected chi connectivity index (χ3v) is 6.93. The lowest BCUT2D eigenvalue weighted by Gasteiger charge is -2.26. The first-order chi connectivity index (χ1) is 15.1. The van der Waals surface area contributed by atoms with Crippen LogP contribution in [0.25, 0.3) is 0 Å². The molecule has 2 unspecified atom stereocenters. The summed E-state index contributed by atoms with van der Waals surface area (Å²) in [7, 11) is 0. The summed E-state index contributed by atoms with van der Waals surface area (Å²) in [5, 5.41) is 7.16. The van der Waals surface area contributed by atoms with Crippen LogP contribution in [0.5, 0.6) is 0 Å². The van der Waals surface area contributed by atoms with Crippen molar-refractivity contribution < 1.29 is 4.79 Å². The van der Waals surface area contributed by atoms with Crippen molar-refractivity contribution in [3.05, 3.63) is 81.8 Å². The van der Waals surface area contributed by atoms with Crippen molar-refractivity contribution in [1.29, 1.82) is 0 Å². The SMILES string of the molecule is CCc1ccccc1NC(=O)CCN1C(=S)NC(c2ccccn2)C1c1ccc(C)s1. The van der Waals surface area contributed by atoms with Crippen molar-refractivity contribution in [2.45, 2.75) is 38.8 Å². The Labute approximate surface area is 192 Å². The van der Waals surface area contributed by atoms with Crippen LogP contribution in [0.2, 0.25) is 0 Å². The summed E-state index contributed by atoms with van der Waals surface area (Å²) in [4.78, 5) is 21.9. The van der Waals surface area contributed by atoms with E-state index in [1.54, 1.807) is 17.5 Å². The summed E-state index contributed by atoms with van der Waals surface area (Å²) in [6.07, 6.45) is 3.04. The van der Waals surface area contributed by atoms with Crippen LogP contribution in [0.15, 0.2) is 60.8 Å². The van der Waals surface area contributed by atoms with E-state index in [-0.39, 0.29) is 18.0 Å². The second-order valence-corrected chi connectivity index (χ2v) is 9.28. The fraction of sp³-hybridized carbons (Fsp3) is 0.292. The van der Waals surface area contributed by atoms with Gasteiger partial charge in [-0.2, -0.15) is 0 Å². The van der Waals surface area contributed by atoms with E-state index in [9.17, 15) is 4.79 Å². The van der Waals surface area contributed by atoms with Gasteiger partial charge in [-0.3, -0.25) is 9.78 Å². The summed E-state index contributed by atoms with van der Waals surface area (Å²) < 4.78 is 0. The van der Waals surface area contributed by atoms with E-state index in [1.807, 2.05) is 42.5 Å². The van der Waals surface area contributed by atoms with Crippen molar-refractivity contribution in [2.75, 3.05) is 11.9 Å². The first kappa shape index (κ1) is 21.5. The van der Waals surface area contributed by atoms with E-state index in [2.05, 4.69) is 46.5 Å². The molecule has 2 N–H and O–H groups in total. The summed E-state index contributed by atoms with van der Waals surface area (Å²) >= 11 is 7.44. The highest BCUT2D eigenvalue weighted by Crippen LogP contribution is 2.41. The molecule has 160 valence electrons. The molecule has 2 atom stereocenters. The molecule has 3 heterocycles. The second-order valence-electron chi connectivity index (χ2n) is 7.58. The lowest BCUT2D eigenvalue weighted by atomic mass is 10.0. The number of thiocarbonyl (C=S) groups is 1. The normalized spacial score (nSPS) is 18.1. The van der Waals surface area contributed by atoms with E-state index in [4.69, 9.17) is 12.2 Å². The van der Waals surface area contributed by atoms with Crippen LogP contribution in [0.1, 0.15) is 46.4 Å².